The molecular formula is C26H21N3O4S. The maximum absolute atomic E-state index is 13.2. The van der Waals surface area contributed by atoms with Gasteiger partial charge in [-0.3, -0.25) is 9.78 Å². The summed E-state index contributed by atoms with van der Waals surface area (Å²) in [6.07, 6.45) is 1.73. The Labute approximate surface area is 200 Å². The highest BCUT2D eigenvalue weighted by Gasteiger charge is 2.33. The van der Waals surface area contributed by atoms with Crippen LogP contribution in [0.2, 0.25) is 0 Å². The minimum absolute atomic E-state index is 0.123. The summed E-state index contributed by atoms with van der Waals surface area (Å²) in [4.78, 5) is 35.2. The predicted octanol–water partition coefficient (Wildman–Crippen LogP) is 5.27. The number of hydrogen-bond acceptors (Lipinski definition) is 6. The van der Waals surface area contributed by atoms with Crippen LogP contribution < -0.4 is 9.64 Å². The first-order valence-electron chi connectivity index (χ1n) is 10.8. The van der Waals surface area contributed by atoms with Crippen molar-refractivity contribution in [1.29, 1.82) is 0 Å². The van der Waals surface area contributed by atoms with Gasteiger partial charge in [-0.25, -0.2) is 9.78 Å². The maximum Gasteiger partial charge on any atom is 0.335 e. The number of nitrogens with zero attached hydrogens (tertiary/aromatic N) is 3. The molecule has 0 bridgehead atoms. The lowest BCUT2D eigenvalue weighted by atomic mass is 10.1. The molecule has 1 unspecified atom stereocenters. The van der Waals surface area contributed by atoms with E-state index < -0.39 is 12.1 Å². The first-order chi connectivity index (χ1) is 16.5. The fraction of sp³-hybridized carbons (Fsp3) is 0.154. The first kappa shape index (κ1) is 21.8. The molecule has 0 saturated heterocycles. The monoisotopic (exact) mass is 471 g/mol. The van der Waals surface area contributed by atoms with Crippen LogP contribution in [0.5, 0.6) is 5.75 Å². The lowest BCUT2D eigenvalue weighted by Crippen LogP contribution is -2.45. The van der Waals surface area contributed by atoms with Gasteiger partial charge in [0.05, 0.1) is 29.2 Å². The molecule has 1 amide bonds. The second kappa shape index (κ2) is 9.07. The molecule has 1 aliphatic heterocycles. The van der Waals surface area contributed by atoms with Crippen molar-refractivity contribution in [2.24, 2.45) is 0 Å². The molecule has 4 aromatic rings. The van der Waals surface area contributed by atoms with Crippen molar-refractivity contribution < 1.29 is 19.4 Å². The van der Waals surface area contributed by atoms with Gasteiger partial charge in [0.15, 0.2) is 6.10 Å². The van der Waals surface area contributed by atoms with E-state index in [9.17, 15) is 9.59 Å². The van der Waals surface area contributed by atoms with Crippen molar-refractivity contribution in [3.05, 3.63) is 83.4 Å². The van der Waals surface area contributed by atoms with Gasteiger partial charge < -0.3 is 14.7 Å². The van der Waals surface area contributed by atoms with Crippen molar-refractivity contribution in [1.82, 2.24) is 9.97 Å². The SMILES string of the molecule is CCC1Oc2ccc(-c3csc(-c4ccccn4)n3)cc2N(Cc2ccc(C(=O)O)cc2)C1=O. The summed E-state index contributed by atoms with van der Waals surface area (Å²) in [5, 5.41) is 12.0. The number of benzene rings is 2. The zero-order chi connectivity index (χ0) is 23.7. The van der Waals surface area contributed by atoms with Crippen LogP contribution in [0, 0.1) is 0 Å². The Hall–Kier alpha value is -4.04. The van der Waals surface area contributed by atoms with Gasteiger partial charge in [-0.15, -0.1) is 11.3 Å². The second-order valence-electron chi connectivity index (χ2n) is 7.88. The molecule has 0 fully saturated rings. The van der Waals surface area contributed by atoms with Gasteiger partial charge >= 0.3 is 5.97 Å². The normalized spacial score (nSPS) is 15.0. The summed E-state index contributed by atoms with van der Waals surface area (Å²) in [7, 11) is 0. The number of fused-ring (bicyclic) bond motifs is 1. The molecular weight excluding hydrogens is 450 g/mol. The molecule has 1 atom stereocenters. The highest BCUT2D eigenvalue weighted by atomic mass is 32.1. The standard InChI is InChI=1S/C26H21N3O4S/c1-2-22-25(30)29(14-16-6-8-17(9-7-16)26(31)32)21-13-18(10-11-23(21)33-22)20-15-34-24(28-20)19-5-3-4-12-27-19/h3-13,15,22H,2,14H2,1H3,(H,31,32). The number of pyridine rings is 1. The van der Waals surface area contributed by atoms with Gasteiger partial charge in [0.1, 0.15) is 10.8 Å². The Balaban J connectivity index is 1.49. The van der Waals surface area contributed by atoms with E-state index in [2.05, 4.69) is 4.98 Å². The van der Waals surface area contributed by atoms with Gasteiger partial charge in [-0.05, 0) is 54.4 Å². The van der Waals surface area contributed by atoms with E-state index in [0.29, 0.717) is 24.4 Å². The zero-order valence-electron chi connectivity index (χ0n) is 18.3. The zero-order valence-corrected chi connectivity index (χ0v) is 19.2. The Morgan fingerprint density at radius 3 is 2.65 bits per heavy atom. The number of carbonyl (C=O) groups is 2. The number of carbonyl (C=O) groups excluding carboxylic acids is 1. The number of anilines is 1. The second-order valence-corrected chi connectivity index (χ2v) is 8.73. The Kier molecular flexibility index (Phi) is 5.81. The number of carboxylic acids is 1. The molecule has 2 aromatic carbocycles. The van der Waals surface area contributed by atoms with Gasteiger partial charge in [-0.2, -0.15) is 0 Å². The molecule has 0 saturated carbocycles. The maximum atomic E-state index is 13.2. The number of thiazole rings is 1. The molecule has 3 heterocycles. The molecule has 8 heteroatoms. The lowest BCUT2D eigenvalue weighted by Gasteiger charge is -2.34. The third kappa shape index (κ3) is 4.15. The average Bonchev–Trinajstić information content (AvgIpc) is 3.36. The van der Waals surface area contributed by atoms with Crippen LogP contribution in [-0.4, -0.2) is 33.1 Å². The predicted molar refractivity (Wildman–Crippen MR) is 130 cm³/mol. The molecule has 0 aliphatic carbocycles. The van der Waals surface area contributed by atoms with E-state index in [1.165, 1.54) is 11.3 Å². The van der Waals surface area contributed by atoms with Crippen LogP contribution in [0.3, 0.4) is 0 Å². The lowest BCUT2D eigenvalue weighted by molar-refractivity contribution is -0.126. The highest BCUT2D eigenvalue weighted by Crippen LogP contribution is 2.39. The highest BCUT2D eigenvalue weighted by molar-refractivity contribution is 7.13. The summed E-state index contributed by atoms with van der Waals surface area (Å²) >= 11 is 1.51. The molecule has 0 spiro atoms. The number of aromatic carboxylic acids is 1. The first-order valence-corrected chi connectivity index (χ1v) is 11.7. The summed E-state index contributed by atoms with van der Waals surface area (Å²) in [5.41, 5.74) is 4.18. The number of hydrogen-bond donors (Lipinski definition) is 1. The fourth-order valence-corrected chi connectivity index (χ4v) is 4.66. The number of rotatable bonds is 6. The molecule has 34 heavy (non-hydrogen) atoms. The van der Waals surface area contributed by atoms with E-state index in [1.807, 2.05) is 48.7 Å². The Morgan fingerprint density at radius 1 is 1.12 bits per heavy atom. The van der Waals surface area contributed by atoms with E-state index in [-0.39, 0.29) is 11.5 Å². The van der Waals surface area contributed by atoms with Gasteiger partial charge in [0.2, 0.25) is 0 Å². The molecule has 1 aliphatic rings. The molecule has 5 rings (SSSR count). The van der Waals surface area contributed by atoms with Crippen molar-refractivity contribution in [2.45, 2.75) is 26.0 Å². The smallest absolute Gasteiger partial charge is 0.335 e. The van der Waals surface area contributed by atoms with Crippen molar-refractivity contribution >= 4 is 28.9 Å². The summed E-state index contributed by atoms with van der Waals surface area (Å²) in [6, 6.07) is 18.0. The molecule has 0 radical (unpaired) electrons. The Bertz CT molecular complexity index is 1350. The quantitative estimate of drug-likeness (QED) is 0.412. The summed E-state index contributed by atoms with van der Waals surface area (Å²) in [5.74, 6) is -0.470. The fourth-order valence-electron chi connectivity index (χ4n) is 3.85. The van der Waals surface area contributed by atoms with Gasteiger partial charge in [0, 0.05) is 17.1 Å². The van der Waals surface area contributed by atoms with E-state index in [0.717, 1.165) is 27.5 Å². The number of ether oxygens (including phenoxy) is 1. The minimum atomic E-state index is -0.983. The number of carboxylic acid groups (broad SMARTS) is 1. The van der Waals surface area contributed by atoms with E-state index in [1.54, 1.807) is 35.4 Å². The van der Waals surface area contributed by atoms with Gasteiger partial charge in [-0.1, -0.05) is 25.1 Å². The van der Waals surface area contributed by atoms with Crippen LogP contribution in [-0.2, 0) is 11.3 Å². The van der Waals surface area contributed by atoms with Crippen molar-refractivity contribution in [2.75, 3.05) is 4.90 Å². The third-order valence-electron chi connectivity index (χ3n) is 5.66. The topological polar surface area (TPSA) is 92.6 Å². The number of amides is 1. The van der Waals surface area contributed by atoms with E-state index >= 15 is 0 Å². The van der Waals surface area contributed by atoms with E-state index in [4.69, 9.17) is 14.8 Å². The van der Waals surface area contributed by atoms with Crippen LogP contribution in [0.4, 0.5) is 5.69 Å². The largest absolute Gasteiger partial charge is 0.478 e. The third-order valence-corrected chi connectivity index (χ3v) is 6.52. The van der Waals surface area contributed by atoms with Crippen molar-refractivity contribution in [3.63, 3.8) is 0 Å². The molecule has 7 nitrogen and oxygen atoms in total. The van der Waals surface area contributed by atoms with Crippen LogP contribution in [0.25, 0.3) is 22.0 Å². The van der Waals surface area contributed by atoms with Crippen LogP contribution in [0.1, 0.15) is 29.3 Å². The van der Waals surface area contributed by atoms with Crippen LogP contribution in [0.15, 0.2) is 72.2 Å². The molecule has 2 aromatic heterocycles. The van der Waals surface area contributed by atoms with Crippen molar-refractivity contribution in [3.8, 4) is 27.7 Å². The van der Waals surface area contributed by atoms with Gasteiger partial charge in [0.25, 0.3) is 5.91 Å². The average molecular weight is 472 g/mol. The number of aromatic nitrogens is 2. The Morgan fingerprint density at radius 2 is 1.94 bits per heavy atom. The van der Waals surface area contributed by atoms with Crippen LogP contribution >= 0.6 is 11.3 Å². The molecule has 170 valence electrons. The summed E-state index contributed by atoms with van der Waals surface area (Å²) < 4.78 is 5.98. The molecule has 1 N–H and O–H groups in total. The minimum Gasteiger partial charge on any atom is -0.478 e. The summed E-state index contributed by atoms with van der Waals surface area (Å²) in [6.45, 7) is 2.22.